The lowest BCUT2D eigenvalue weighted by Gasteiger charge is -2.13. The van der Waals surface area contributed by atoms with Crippen LogP contribution in [0.2, 0.25) is 0 Å². The Hall–Kier alpha value is -2.31. The van der Waals surface area contributed by atoms with E-state index in [0.717, 1.165) is 16.9 Å². The van der Waals surface area contributed by atoms with E-state index in [9.17, 15) is 9.90 Å². The Morgan fingerprint density at radius 1 is 1.27 bits per heavy atom. The Balaban J connectivity index is 1.82. The van der Waals surface area contributed by atoms with Gasteiger partial charge in [-0.1, -0.05) is 24.3 Å². The Morgan fingerprint density at radius 3 is 2.68 bits per heavy atom. The molecule has 2 aromatic rings. The van der Waals surface area contributed by atoms with E-state index in [4.69, 9.17) is 9.15 Å². The van der Waals surface area contributed by atoms with Crippen LogP contribution in [0.15, 0.2) is 47.1 Å². The van der Waals surface area contributed by atoms with Gasteiger partial charge in [-0.25, -0.2) is 4.79 Å². The minimum absolute atomic E-state index is 0.138. The van der Waals surface area contributed by atoms with Crippen molar-refractivity contribution >= 4 is 6.03 Å². The van der Waals surface area contributed by atoms with Crippen molar-refractivity contribution in [3.05, 3.63) is 48.2 Å². The summed E-state index contributed by atoms with van der Waals surface area (Å²) in [4.78, 5) is 11.5. The molecule has 2 rings (SSSR count). The number of hydrogen-bond acceptors (Lipinski definition) is 4. The molecule has 0 aliphatic carbocycles. The molecular weight excluding hydrogens is 284 g/mol. The van der Waals surface area contributed by atoms with Crippen molar-refractivity contribution in [3.8, 4) is 11.3 Å². The summed E-state index contributed by atoms with van der Waals surface area (Å²) in [5.74, 6) is 0.775. The van der Waals surface area contributed by atoms with Crippen molar-refractivity contribution in [2.75, 3.05) is 26.8 Å². The monoisotopic (exact) mass is 304 g/mol. The maximum atomic E-state index is 11.5. The topological polar surface area (TPSA) is 83.7 Å². The second-order valence-electron chi connectivity index (χ2n) is 4.74. The second kappa shape index (κ2) is 8.21. The zero-order valence-electron chi connectivity index (χ0n) is 12.4. The smallest absolute Gasteiger partial charge is 0.314 e. The standard InChI is InChI=1S/C16H20N2O4/c1-21-10-8-17-16(20)18-11-14(19)12-4-6-13(7-5-12)15-3-2-9-22-15/h2-7,9,14,19H,8,10-11H2,1H3,(H2,17,18,20)/t14-/m0/s1. The molecule has 22 heavy (non-hydrogen) atoms. The van der Waals surface area contributed by atoms with E-state index in [1.165, 1.54) is 0 Å². The summed E-state index contributed by atoms with van der Waals surface area (Å²) in [5.41, 5.74) is 1.67. The second-order valence-corrected chi connectivity index (χ2v) is 4.74. The normalized spacial score (nSPS) is 11.9. The van der Waals surface area contributed by atoms with E-state index < -0.39 is 6.10 Å². The number of amides is 2. The summed E-state index contributed by atoms with van der Waals surface area (Å²) < 4.78 is 10.1. The quantitative estimate of drug-likeness (QED) is 0.682. The fraction of sp³-hybridized carbons (Fsp3) is 0.312. The van der Waals surface area contributed by atoms with Gasteiger partial charge in [0.1, 0.15) is 5.76 Å². The molecule has 0 unspecified atom stereocenters. The molecular formula is C16H20N2O4. The van der Waals surface area contributed by atoms with E-state index in [0.29, 0.717) is 13.2 Å². The number of methoxy groups -OCH3 is 1. The molecule has 0 saturated carbocycles. The number of aliphatic hydroxyl groups is 1. The first-order chi connectivity index (χ1) is 10.7. The minimum Gasteiger partial charge on any atom is -0.464 e. The van der Waals surface area contributed by atoms with Gasteiger partial charge in [0.25, 0.3) is 0 Å². The van der Waals surface area contributed by atoms with Gasteiger partial charge >= 0.3 is 6.03 Å². The van der Waals surface area contributed by atoms with Crippen LogP contribution in [0.25, 0.3) is 11.3 Å². The number of aliphatic hydroxyl groups excluding tert-OH is 1. The number of urea groups is 1. The van der Waals surface area contributed by atoms with Gasteiger partial charge in [-0.05, 0) is 17.7 Å². The predicted octanol–water partition coefficient (Wildman–Crippen LogP) is 1.93. The lowest BCUT2D eigenvalue weighted by molar-refractivity contribution is 0.171. The first kappa shape index (κ1) is 16.1. The highest BCUT2D eigenvalue weighted by atomic mass is 16.5. The molecule has 118 valence electrons. The van der Waals surface area contributed by atoms with Crippen molar-refractivity contribution in [2.24, 2.45) is 0 Å². The number of ether oxygens (including phenoxy) is 1. The fourth-order valence-electron chi connectivity index (χ4n) is 1.95. The molecule has 2 amide bonds. The Kier molecular flexibility index (Phi) is 6.00. The molecule has 6 nitrogen and oxygen atoms in total. The molecule has 0 bridgehead atoms. The summed E-state index contributed by atoms with van der Waals surface area (Å²) in [6.07, 6.45) is 0.850. The zero-order chi connectivity index (χ0) is 15.8. The molecule has 0 radical (unpaired) electrons. The van der Waals surface area contributed by atoms with Crippen LogP contribution in [-0.2, 0) is 4.74 Å². The highest BCUT2D eigenvalue weighted by molar-refractivity contribution is 5.73. The number of benzene rings is 1. The van der Waals surface area contributed by atoms with E-state index in [1.807, 2.05) is 36.4 Å². The molecule has 1 heterocycles. The average Bonchev–Trinajstić information content (AvgIpc) is 3.07. The highest BCUT2D eigenvalue weighted by Crippen LogP contribution is 2.22. The summed E-state index contributed by atoms with van der Waals surface area (Å²) >= 11 is 0. The van der Waals surface area contributed by atoms with E-state index in [1.54, 1.807) is 13.4 Å². The fourth-order valence-corrected chi connectivity index (χ4v) is 1.95. The third-order valence-corrected chi connectivity index (χ3v) is 3.15. The van der Waals surface area contributed by atoms with Gasteiger partial charge in [0.15, 0.2) is 0 Å². The molecule has 3 N–H and O–H groups in total. The lowest BCUT2D eigenvalue weighted by Crippen LogP contribution is -2.39. The van der Waals surface area contributed by atoms with Crippen LogP contribution in [0.1, 0.15) is 11.7 Å². The lowest BCUT2D eigenvalue weighted by atomic mass is 10.1. The van der Waals surface area contributed by atoms with Gasteiger partial charge in [0.2, 0.25) is 0 Å². The molecule has 0 fully saturated rings. The summed E-state index contributed by atoms with van der Waals surface area (Å²) in [6, 6.07) is 10.7. The van der Waals surface area contributed by atoms with Crippen LogP contribution in [-0.4, -0.2) is 37.9 Å². The Bertz CT molecular complexity index is 566. The number of furan rings is 1. The largest absolute Gasteiger partial charge is 0.464 e. The summed E-state index contributed by atoms with van der Waals surface area (Å²) in [6.45, 7) is 1.01. The number of carbonyl (C=O) groups excluding carboxylic acids is 1. The van der Waals surface area contributed by atoms with Crippen LogP contribution in [0.3, 0.4) is 0 Å². The number of hydrogen-bond donors (Lipinski definition) is 3. The molecule has 0 aliphatic rings. The maximum Gasteiger partial charge on any atom is 0.314 e. The predicted molar refractivity (Wildman–Crippen MR) is 82.4 cm³/mol. The summed E-state index contributed by atoms with van der Waals surface area (Å²) in [7, 11) is 1.57. The Labute approximate surface area is 129 Å². The molecule has 6 heteroatoms. The Morgan fingerprint density at radius 2 is 2.05 bits per heavy atom. The first-order valence-corrected chi connectivity index (χ1v) is 7.03. The van der Waals surface area contributed by atoms with Crippen molar-refractivity contribution in [2.45, 2.75) is 6.10 Å². The minimum atomic E-state index is -0.765. The van der Waals surface area contributed by atoms with E-state index in [-0.39, 0.29) is 12.6 Å². The summed E-state index contributed by atoms with van der Waals surface area (Å²) in [5, 5.41) is 15.3. The number of rotatable bonds is 7. The van der Waals surface area contributed by atoms with Gasteiger partial charge in [-0.3, -0.25) is 0 Å². The van der Waals surface area contributed by atoms with Crippen LogP contribution in [0, 0.1) is 0 Å². The van der Waals surface area contributed by atoms with Crippen LogP contribution in [0.5, 0.6) is 0 Å². The molecule has 1 atom stereocenters. The number of carbonyl (C=O) groups is 1. The van der Waals surface area contributed by atoms with E-state index >= 15 is 0 Å². The van der Waals surface area contributed by atoms with E-state index in [2.05, 4.69) is 10.6 Å². The van der Waals surface area contributed by atoms with Gasteiger partial charge < -0.3 is 24.9 Å². The molecule has 0 spiro atoms. The number of nitrogens with one attached hydrogen (secondary N) is 2. The maximum absolute atomic E-state index is 11.5. The zero-order valence-corrected chi connectivity index (χ0v) is 12.4. The molecule has 0 saturated heterocycles. The third-order valence-electron chi connectivity index (χ3n) is 3.15. The van der Waals surface area contributed by atoms with Crippen LogP contribution in [0.4, 0.5) is 4.79 Å². The van der Waals surface area contributed by atoms with Crippen molar-refractivity contribution < 1.29 is 19.1 Å². The van der Waals surface area contributed by atoms with Gasteiger partial charge in [0, 0.05) is 25.8 Å². The van der Waals surface area contributed by atoms with Crippen LogP contribution >= 0.6 is 0 Å². The van der Waals surface area contributed by atoms with Crippen molar-refractivity contribution in [1.29, 1.82) is 0 Å². The third kappa shape index (κ3) is 4.61. The molecule has 1 aromatic carbocycles. The molecule has 0 aliphatic heterocycles. The molecule has 1 aromatic heterocycles. The van der Waals surface area contributed by atoms with Gasteiger partial charge in [-0.15, -0.1) is 0 Å². The SMILES string of the molecule is COCCNC(=O)NC[C@H](O)c1ccc(-c2ccco2)cc1. The highest BCUT2D eigenvalue weighted by Gasteiger charge is 2.10. The van der Waals surface area contributed by atoms with Gasteiger partial charge in [0.05, 0.1) is 19.0 Å². The van der Waals surface area contributed by atoms with Crippen LogP contribution < -0.4 is 10.6 Å². The average molecular weight is 304 g/mol. The van der Waals surface area contributed by atoms with Crippen molar-refractivity contribution in [1.82, 2.24) is 10.6 Å². The van der Waals surface area contributed by atoms with Crippen molar-refractivity contribution in [3.63, 3.8) is 0 Å². The van der Waals surface area contributed by atoms with Gasteiger partial charge in [-0.2, -0.15) is 0 Å². The first-order valence-electron chi connectivity index (χ1n) is 7.03.